The lowest BCUT2D eigenvalue weighted by molar-refractivity contribution is 0.0730. The standard InChI is InChI=1S/C28H35N5O2/c1-20-30-24(17-25(31-20)28(2)9-12-32(3)13-10-28)27(34)33-14-15-35-19-21(18-33)16-23-7-4-6-22-8-5-11-29-26(22)23/h4-8,11,17,21H,9-10,12-16,18-19H2,1-3H3. The van der Waals surface area contributed by atoms with E-state index in [2.05, 4.69) is 53.1 Å². The van der Waals surface area contributed by atoms with Crippen LogP contribution in [0.4, 0.5) is 0 Å². The number of para-hydroxylation sites is 1. The van der Waals surface area contributed by atoms with Crippen LogP contribution >= 0.6 is 0 Å². The smallest absolute Gasteiger partial charge is 0.272 e. The van der Waals surface area contributed by atoms with E-state index < -0.39 is 0 Å². The lowest BCUT2D eigenvalue weighted by Crippen LogP contribution is -2.40. The van der Waals surface area contributed by atoms with Crippen molar-refractivity contribution in [3.63, 3.8) is 0 Å². The number of pyridine rings is 1. The molecule has 2 aliphatic rings. The fourth-order valence-corrected chi connectivity index (χ4v) is 5.35. The summed E-state index contributed by atoms with van der Waals surface area (Å²) < 4.78 is 5.92. The van der Waals surface area contributed by atoms with E-state index in [9.17, 15) is 4.79 Å². The van der Waals surface area contributed by atoms with Crippen molar-refractivity contribution in [3.8, 4) is 0 Å². The molecule has 1 aromatic carbocycles. The van der Waals surface area contributed by atoms with Crippen LogP contribution in [0.5, 0.6) is 0 Å². The van der Waals surface area contributed by atoms with Gasteiger partial charge in [0.05, 0.1) is 24.4 Å². The van der Waals surface area contributed by atoms with E-state index in [0.29, 0.717) is 37.8 Å². The van der Waals surface area contributed by atoms with Gasteiger partial charge in [-0.1, -0.05) is 31.2 Å². The first-order valence-corrected chi connectivity index (χ1v) is 12.7. The summed E-state index contributed by atoms with van der Waals surface area (Å²) in [6.45, 7) is 8.62. The summed E-state index contributed by atoms with van der Waals surface area (Å²) in [5.41, 5.74) is 3.69. The molecule has 184 valence electrons. The minimum absolute atomic E-state index is 0.0267. The average molecular weight is 474 g/mol. The molecule has 0 bridgehead atoms. The van der Waals surface area contributed by atoms with Crippen LogP contribution in [0.1, 0.15) is 47.3 Å². The van der Waals surface area contributed by atoms with Gasteiger partial charge >= 0.3 is 0 Å². The Morgan fingerprint density at radius 2 is 1.94 bits per heavy atom. The predicted octanol–water partition coefficient (Wildman–Crippen LogP) is 3.65. The number of hydrogen-bond acceptors (Lipinski definition) is 6. The molecular weight excluding hydrogens is 438 g/mol. The van der Waals surface area contributed by atoms with Crippen LogP contribution < -0.4 is 0 Å². The number of fused-ring (bicyclic) bond motifs is 1. The third-order valence-corrected chi connectivity index (χ3v) is 7.62. The van der Waals surface area contributed by atoms with Gasteiger partial charge in [0.15, 0.2) is 0 Å². The van der Waals surface area contributed by atoms with E-state index in [1.54, 1.807) is 0 Å². The molecule has 0 aliphatic carbocycles. The average Bonchev–Trinajstić information content (AvgIpc) is 3.11. The number of carbonyl (C=O) groups excluding carboxylic acids is 1. The van der Waals surface area contributed by atoms with Crippen molar-refractivity contribution in [3.05, 3.63) is 65.4 Å². The van der Waals surface area contributed by atoms with Crippen LogP contribution in [-0.2, 0) is 16.6 Å². The van der Waals surface area contributed by atoms with Crippen molar-refractivity contribution in [2.75, 3.05) is 46.4 Å². The molecule has 0 radical (unpaired) electrons. The Hall–Kier alpha value is -2.90. The highest BCUT2D eigenvalue weighted by Crippen LogP contribution is 2.34. The number of ether oxygens (including phenoxy) is 1. The summed E-state index contributed by atoms with van der Waals surface area (Å²) in [4.78, 5) is 31.9. The lowest BCUT2D eigenvalue weighted by atomic mass is 9.77. The summed E-state index contributed by atoms with van der Waals surface area (Å²) >= 11 is 0. The van der Waals surface area contributed by atoms with E-state index in [4.69, 9.17) is 9.72 Å². The molecule has 1 unspecified atom stereocenters. The van der Waals surface area contributed by atoms with Crippen LogP contribution in [0.2, 0.25) is 0 Å². The fourth-order valence-electron chi connectivity index (χ4n) is 5.35. The van der Waals surface area contributed by atoms with E-state index in [-0.39, 0.29) is 17.2 Å². The Morgan fingerprint density at radius 3 is 2.77 bits per heavy atom. The SMILES string of the molecule is Cc1nc(C(=O)N2CCOCC(Cc3cccc4cccnc34)C2)cc(C2(C)CCN(C)CC2)n1. The normalized spacial score (nSPS) is 21.1. The molecule has 2 saturated heterocycles. The van der Waals surface area contributed by atoms with E-state index in [1.807, 2.05) is 30.2 Å². The molecular formula is C28H35N5O2. The summed E-state index contributed by atoms with van der Waals surface area (Å²) in [6.07, 6.45) is 4.72. The van der Waals surface area contributed by atoms with Gasteiger partial charge in [-0.3, -0.25) is 9.78 Å². The lowest BCUT2D eigenvalue weighted by Gasteiger charge is -2.37. The van der Waals surface area contributed by atoms with E-state index in [0.717, 1.165) is 48.9 Å². The zero-order chi connectivity index (χ0) is 24.4. The maximum atomic E-state index is 13.7. The molecule has 7 heteroatoms. The monoisotopic (exact) mass is 473 g/mol. The molecule has 7 nitrogen and oxygen atoms in total. The highest BCUT2D eigenvalue weighted by atomic mass is 16.5. The zero-order valence-electron chi connectivity index (χ0n) is 21.0. The first kappa shape index (κ1) is 23.8. The van der Waals surface area contributed by atoms with Gasteiger partial charge < -0.3 is 14.5 Å². The summed E-state index contributed by atoms with van der Waals surface area (Å²) in [5.74, 6) is 0.832. The number of rotatable bonds is 4. The number of nitrogens with zero attached hydrogens (tertiary/aromatic N) is 5. The number of benzene rings is 1. The minimum Gasteiger partial charge on any atom is -0.379 e. The number of piperidine rings is 1. The largest absolute Gasteiger partial charge is 0.379 e. The van der Waals surface area contributed by atoms with Crippen molar-refractivity contribution in [1.82, 2.24) is 24.8 Å². The fraction of sp³-hybridized carbons (Fsp3) is 0.500. The molecule has 2 aliphatic heterocycles. The van der Waals surface area contributed by atoms with Crippen molar-refractivity contribution in [1.29, 1.82) is 0 Å². The Morgan fingerprint density at radius 1 is 1.14 bits per heavy atom. The second-order valence-corrected chi connectivity index (χ2v) is 10.4. The zero-order valence-corrected chi connectivity index (χ0v) is 21.0. The predicted molar refractivity (Wildman–Crippen MR) is 137 cm³/mol. The van der Waals surface area contributed by atoms with E-state index in [1.165, 1.54) is 5.56 Å². The van der Waals surface area contributed by atoms with Gasteiger partial charge in [-0.15, -0.1) is 0 Å². The molecule has 35 heavy (non-hydrogen) atoms. The number of aryl methyl sites for hydroxylation is 1. The Balaban J connectivity index is 1.36. The molecule has 2 fully saturated rings. The number of carbonyl (C=O) groups is 1. The first-order valence-electron chi connectivity index (χ1n) is 12.7. The highest BCUT2D eigenvalue weighted by Gasteiger charge is 2.34. The Labute approximate surface area is 207 Å². The van der Waals surface area contributed by atoms with Crippen LogP contribution in [0.15, 0.2) is 42.6 Å². The maximum Gasteiger partial charge on any atom is 0.272 e. The molecule has 0 N–H and O–H groups in total. The quantitative estimate of drug-likeness (QED) is 0.576. The topological polar surface area (TPSA) is 71.5 Å². The molecule has 3 aromatic rings. The highest BCUT2D eigenvalue weighted by molar-refractivity contribution is 5.92. The van der Waals surface area contributed by atoms with Crippen molar-refractivity contribution in [2.45, 2.75) is 38.5 Å². The number of hydrogen-bond donors (Lipinski definition) is 0. The number of likely N-dealkylation sites (tertiary alicyclic amines) is 1. The third-order valence-electron chi connectivity index (χ3n) is 7.62. The molecule has 0 saturated carbocycles. The minimum atomic E-state index is -0.0279. The number of aromatic nitrogens is 3. The Kier molecular flexibility index (Phi) is 6.80. The molecule has 0 spiro atoms. The van der Waals surface area contributed by atoms with Gasteiger partial charge in [0.2, 0.25) is 0 Å². The van der Waals surface area contributed by atoms with Gasteiger partial charge in [-0.05, 0) is 64.0 Å². The van der Waals surface area contributed by atoms with Gasteiger partial charge in [0.1, 0.15) is 11.5 Å². The Bertz CT molecular complexity index is 1200. The molecule has 1 atom stereocenters. The van der Waals surface area contributed by atoms with Crippen molar-refractivity contribution in [2.24, 2.45) is 5.92 Å². The summed E-state index contributed by atoms with van der Waals surface area (Å²) in [6, 6.07) is 12.3. The molecule has 5 rings (SSSR count). The second kappa shape index (κ2) is 9.99. The van der Waals surface area contributed by atoms with Crippen molar-refractivity contribution < 1.29 is 9.53 Å². The molecule has 2 aromatic heterocycles. The van der Waals surface area contributed by atoms with Crippen LogP contribution in [0.3, 0.4) is 0 Å². The molecule has 1 amide bonds. The second-order valence-electron chi connectivity index (χ2n) is 10.4. The van der Waals surface area contributed by atoms with Crippen LogP contribution in [0.25, 0.3) is 10.9 Å². The van der Waals surface area contributed by atoms with Gasteiger partial charge in [0, 0.05) is 36.0 Å². The van der Waals surface area contributed by atoms with Crippen molar-refractivity contribution >= 4 is 16.8 Å². The number of amides is 1. The van der Waals surface area contributed by atoms with Crippen LogP contribution in [-0.4, -0.2) is 77.1 Å². The van der Waals surface area contributed by atoms with Gasteiger partial charge in [-0.2, -0.15) is 0 Å². The third kappa shape index (κ3) is 5.21. The summed E-state index contributed by atoms with van der Waals surface area (Å²) in [7, 11) is 2.16. The first-order chi connectivity index (χ1) is 16.9. The van der Waals surface area contributed by atoms with Crippen LogP contribution in [0, 0.1) is 12.8 Å². The summed E-state index contributed by atoms with van der Waals surface area (Å²) in [5, 5.41) is 1.14. The molecule has 4 heterocycles. The van der Waals surface area contributed by atoms with Gasteiger partial charge in [0.25, 0.3) is 5.91 Å². The maximum absolute atomic E-state index is 13.7. The van der Waals surface area contributed by atoms with Gasteiger partial charge in [-0.25, -0.2) is 9.97 Å². The van der Waals surface area contributed by atoms with E-state index >= 15 is 0 Å².